The highest BCUT2D eigenvalue weighted by molar-refractivity contribution is 9.10. The van der Waals surface area contributed by atoms with Crippen LogP contribution in [0.15, 0.2) is 22.7 Å². The number of carbonyl (C=O) groups excluding carboxylic acids is 1. The predicted molar refractivity (Wildman–Crippen MR) is 72.5 cm³/mol. The van der Waals surface area contributed by atoms with E-state index in [2.05, 4.69) is 15.9 Å². The first kappa shape index (κ1) is 15.6. The van der Waals surface area contributed by atoms with Crippen molar-refractivity contribution in [1.82, 2.24) is 4.90 Å². The fraction of sp³-hybridized carbons (Fsp3) is 0.385. The number of carboxylic acids is 1. The molecule has 19 heavy (non-hydrogen) atoms. The zero-order valence-electron chi connectivity index (χ0n) is 10.7. The molecule has 0 fully saturated rings. The first-order valence-electron chi connectivity index (χ1n) is 5.77. The van der Waals surface area contributed by atoms with Gasteiger partial charge in [-0.05, 0) is 24.1 Å². The molecule has 0 saturated heterocycles. The molecule has 0 radical (unpaired) electrons. The van der Waals surface area contributed by atoms with Gasteiger partial charge in [0, 0.05) is 11.0 Å². The molecule has 0 aromatic heterocycles. The number of benzene rings is 1. The standard InChI is InChI=1S/C13H15BrFNO3/c1-8(2)6-16(7-12(17)18)13(19)10-5-9(14)3-4-11(10)15/h3-5,8H,6-7H2,1-2H3,(H,17,18). The number of hydrogen-bond acceptors (Lipinski definition) is 2. The molecule has 0 atom stereocenters. The molecule has 0 bridgehead atoms. The summed E-state index contributed by atoms with van der Waals surface area (Å²) in [7, 11) is 0. The van der Waals surface area contributed by atoms with Crippen molar-refractivity contribution in [2.45, 2.75) is 13.8 Å². The van der Waals surface area contributed by atoms with Gasteiger partial charge >= 0.3 is 5.97 Å². The molecule has 1 aromatic carbocycles. The van der Waals surface area contributed by atoms with Gasteiger partial charge in [0.15, 0.2) is 0 Å². The number of nitrogens with zero attached hydrogens (tertiary/aromatic N) is 1. The lowest BCUT2D eigenvalue weighted by molar-refractivity contribution is -0.137. The lowest BCUT2D eigenvalue weighted by Crippen LogP contribution is -2.38. The number of amides is 1. The molecule has 0 unspecified atom stereocenters. The Morgan fingerprint density at radius 1 is 1.42 bits per heavy atom. The Bertz CT molecular complexity index is 491. The molecule has 1 amide bonds. The van der Waals surface area contributed by atoms with E-state index < -0.39 is 24.2 Å². The summed E-state index contributed by atoms with van der Waals surface area (Å²) in [6.45, 7) is 3.54. The highest BCUT2D eigenvalue weighted by Crippen LogP contribution is 2.18. The monoisotopic (exact) mass is 331 g/mol. The summed E-state index contributed by atoms with van der Waals surface area (Å²) >= 11 is 3.16. The minimum Gasteiger partial charge on any atom is -0.480 e. The lowest BCUT2D eigenvalue weighted by atomic mass is 10.1. The lowest BCUT2D eigenvalue weighted by Gasteiger charge is -2.23. The van der Waals surface area contributed by atoms with Crippen LogP contribution in [-0.4, -0.2) is 35.0 Å². The van der Waals surface area contributed by atoms with Crippen LogP contribution in [0.1, 0.15) is 24.2 Å². The number of halogens is 2. The SMILES string of the molecule is CC(C)CN(CC(=O)O)C(=O)c1cc(Br)ccc1F. The Labute approximate surface area is 119 Å². The molecule has 0 heterocycles. The van der Waals surface area contributed by atoms with Crippen LogP contribution in [0.5, 0.6) is 0 Å². The molecule has 0 aliphatic rings. The van der Waals surface area contributed by atoms with Gasteiger partial charge in [-0.3, -0.25) is 9.59 Å². The maximum atomic E-state index is 13.6. The van der Waals surface area contributed by atoms with Crippen LogP contribution in [0, 0.1) is 11.7 Å². The van der Waals surface area contributed by atoms with Crippen LogP contribution >= 0.6 is 15.9 Å². The summed E-state index contributed by atoms with van der Waals surface area (Å²) < 4.78 is 14.2. The van der Waals surface area contributed by atoms with Gasteiger partial charge in [0.05, 0.1) is 5.56 Å². The Kier molecular flexibility index (Phi) is 5.47. The number of carbonyl (C=O) groups is 2. The maximum absolute atomic E-state index is 13.6. The van der Waals surface area contributed by atoms with Gasteiger partial charge in [0.2, 0.25) is 0 Å². The molecule has 0 aliphatic heterocycles. The summed E-state index contributed by atoms with van der Waals surface area (Å²) in [5, 5.41) is 8.82. The second-order valence-electron chi connectivity index (χ2n) is 4.60. The molecule has 0 saturated carbocycles. The van der Waals surface area contributed by atoms with Crippen molar-refractivity contribution in [1.29, 1.82) is 0 Å². The number of aliphatic carboxylic acids is 1. The van der Waals surface area contributed by atoms with Crippen LogP contribution in [0.3, 0.4) is 0 Å². The normalized spacial score (nSPS) is 10.6. The molecule has 0 spiro atoms. The Morgan fingerprint density at radius 2 is 2.05 bits per heavy atom. The minimum absolute atomic E-state index is 0.0958. The predicted octanol–water partition coefficient (Wildman–Crippen LogP) is 2.77. The zero-order chi connectivity index (χ0) is 14.6. The molecule has 1 aromatic rings. The van der Waals surface area contributed by atoms with Crippen LogP contribution < -0.4 is 0 Å². The highest BCUT2D eigenvalue weighted by Gasteiger charge is 2.22. The van der Waals surface area contributed by atoms with Gasteiger partial charge < -0.3 is 10.0 Å². The second-order valence-corrected chi connectivity index (χ2v) is 5.51. The van der Waals surface area contributed by atoms with Crippen LogP contribution in [0.4, 0.5) is 4.39 Å². The third kappa shape index (κ3) is 4.63. The average Bonchev–Trinajstić information content (AvgIpc) is 2.29. The summed E-state index contributed by atoms with van der Waals surface area (Å²) in [5.74, 6) is -2.30. The molecule has 104 valence electrons. The van der Waals surface area contributed by atoms with Gasteiger partial charge in [-0.25, -0.2) is 4.39 Å². The van der Waals surface area contributed by atoms with E-state index in [4.69, 9.17) is 5.11 Å². The number of hydrogen-bond donors (Lipinski definition) is 1. The van der Waals surface area contributed by atoms with Crippen molar-refractivity contribution in [3.05, 3.63) is 34.1 Å². The molecular weight excluding hydrogens is 317 g/mol. The smallest absolute Gasteiger partial charge is 0.323 e. The van der Waals surface area contributed by atoms with Crippen LogP contribution in [0.25, 0.3) is 0 Å². The van der Waals surface area contributed by atoms with E-state index in [1.165, 1.54) is 18.2 Å². The van der Waals surface area contributed by atoms with Crippen molar-refractivity contribution in [2.24, 2.45) is 5.92 Å². The van der Waals surface area contributed by atoms with Crippen molar-refractivity contribution >= 4 is 27.8 Å². The Hall–Kier alpha value is -1.43. The fourth-order valence-electron chi connectivity index (χ4n) is 1.66. The topological polar surface area (TPSA) is 57.6 Å². The maximum Gasteiger partial charge on any atom is 0.323 e. The third-order valence-electron chi connectivity index (χ3n) is 2.36. The van der Waals surface area contributed by atoms with E-state index in [0.717, 1.165) is 4.90 Å². The van der Waals surface area contributed by atoms with Crippen molar-refractivity contribution in [3.63, 3.8) is 0 Å². The van der Waals surface area contributed by atoms with Crippen molar-refractivity contribution in [3.8, 4) is 0 Å². The second kappa shape index (κ2) is 6.65. The van der Waals surface area contributed by atoms with Gasteiger partial charge in [0.25, 0.3) is 5.91 Å². The molecule has 4 nitrogen and oxygen atoms in total. The fourth-order valence-corrected chi connectivity index (χ4v) is 2.02. The third-order valence-corrected chi connectivity index (χ3v) is 2.85. The van der Waals surface area contributed by atoms with E-state index in [1.54, 1.807) is 0 Å². The molecule has 6 heteroatoms. The van der Waals surface area contributed by atoms with Gasteiger partial charge in [0.1, 0.15) is 12.4 Å². The van der Waals surface area contributed by atoms with E-state index in [9.17, 15) is 14.0 Å². The van der Waals surface area contributed by atoms with Crippen LogP contribution in [-0.2, 0) is 4.79 Å². The minimum atomic E-state index is -1.12. The quantitative estimate of drug-likeness (QED) is 0.902. The summed E-state index contributed by atoms with van der Waals surface area (Å²) in [4.78, 5) is 24.1. The van der Waals surface area contributed by atoms with Gasteiger partial charge in [-0.1, -0.05) is 29.8 Å². The molecular formula is C13H15BrFNO3. The van der Waals surface area contributed by atoms with E-state index in [1.807, 2.05) is 13.8 Å². The average molecular weight is 332 g/mol. The first-order valence-corrected chi connectivity index (χ1v) is 6.56. The van der Waals surface area contributed by atoms with Crippen LogP contribution in [0.2, 0.25) is 0 Å². The molecule has 0 aliphatic carbocycles. The molecule has 1 N–H and O–H groups in total. The van der Waals surface area contributed by atoms with Gasteiger partial charge in [-0.2, -0.15) is 0 Å². The summed E-state index contributed by atoms with van der Waals surface area (Å²) in [6.07, 6.45) is 0. The zero-order valence-corrected chi connectivity index (χ0v) is 12.3. The first-order chi connectivity index (χ1) is 8.81. The summed E-state index contributed by atoms with van der Waals surface area (Å²) in [5.41, 5.74) is -0.128. The van der Waals surface area contributed by atoms with E-state index >= 15 is 0 Å². The number of carboxylic acid groups (broad SMARTS) is 1. The van der Waals surface area contributed by atoms with Crippen molar-refractivity contribution in [2.75, 3.05) is 13.1 Å². The van der Waals surface area contributed by atoms with Gasteiger partial charge in [-0.15, -0.1) is 0 Å². The Morgan fingerprint density at radius 3 is 2.58 bits per heavy atom. The largest absolute Gasteiger partial charge is 0.480 e. The van der Waals surface area contributed by atoms with E-state index in [-0.39, 0.29) is 18.0 Å². The highest BCUT2D eigenvalue weighted by atomic mass is 79.9. The number of rotatable bonds is 5. The Balaban J connectivity index is 3.03. The van der Waals surface area contributed by atoms with Crippen molar-refractivity contribution < 1.29 is 19.1 Å². The van der Waals surface area contributed by atoms with E-state index in [0.29, 0.717) is 4.47 Å². The molecule has 1 rings (SSSR count). The summed E-state index contributed by atoms with van der Waals surface area (Å²) in [6, 6.07) is 4.01.